The Morgan fingerprint density at radius 2 is 1.54 bits per heavy atom. The molecule has 4 heterocycles. The Hall–Kier alpha value is -3.82. The van der Waals surface area contributed by atoms with Gasteiger partial charge in [0.1, 0.15) is 11.6 Å². The maximum atomic E-state index is 6.76. The van der Waals surface area contributed by atoms with Crippen LogP contribution in [0.1, 0.15) is 5.69 Å². The molecule has 2 saturated heterocycles. The zero-order valence-electron chi connectivity index (χ0n) is 21.3. The minimum absolute atomic E-state index is 0.566. The lowest BCUT2D eigenvalue weighted by molar-refractivity contribution is 0.122. The van der Waals surface area contributed by atoms with Crippen LogP contribution in [0.25, 0.3) is 27.9 Å². The summed E-state index contributed by atoms with van der Waals surface area (Å²) in [5, 5.41) is 4.66. The van der Waals surface area contributed by atoms with Crippen molar-refractivity contribution in [3.05, 3.63) is 54.4 Å². The van der Waals surface area contributed by atoms with E-state index in [1.54, 1.807) is 11.6 Å². The summed E-state index contributed by atoms with van der Waals surface area (Å²) < 4.78 is 18.5. The second kappa shape index (κ2) is 9.91. The molecule has 37 heavy (non-hydrogen) atoms. The lowest BCUT2D eigenvalue weighted by Gasteiger charge is -2.29. The molecule has 0 unspecified atom stereocenters. The van der Waals surface area contributed by atoms with Gasteiger partial charge < -0.3 is 29.7 Å². The SMILES string of the molecule is COc1ccc(N2CCOCC2)cc1-c1cnn2c(N)c(-c3cccc(N4CCOCC4)c3)c(C)nc12. The largest absolute Gasteiger partial charge is 0.496 e. The topological polar surface area (TPSA) is 90.4 Å². The van der Waals surface area contributed by atoms with E-state index in [0.29, 0.717) is 11.5 Å². The number of hydrogen-bond acceptors (Lipinski definition) is 8. The monoisotopic (exact) mass is 500 g/mol. The van der Waals surface area contributed by atoms with Crippen molar-refractivity contribution in [2.75, 3.05) is 75.2 Å². The third-order valence-electron chi connectivity index (χ3n) is 7.22. The fourth-order valence-electron chi connectivity index (χ4n) is 5.28. The van der Waals surface area contributed by atoms with Gasteiger partial charge in [0.2, 0.25) is 0 Å². The summed E-state index contributed by atoms with van der Waals surface area (Å²) in [6.45, 7) is 8.42. The molecule has 9 nitrogen and oxygen atoms in total. The molecule has 2 aliphatic rings. The van der Waals surface area contributed by atoms with E-state index in [9.17, 15) is 0 Å². The average molecular weight is 501 g/mol. The zero-order chi connectivity index (χ0) is 25.4. The quantitative estimate of drug-likeness (QED) is 0.444. The molecule has 6 rings (SSSR count). The van der Waals surface area contributed by atoms with Gasteiger partial charge in [0.05, 0.1) is 51.0 Å². The van der Waals surface area contributed by atoms with Crippen molar-refractivity contribution in [1.82, 2.24) is 14.6 Å². The van der Waals surface area contributed by atoms with Crippen LogP contribution in [0, 0.1) is 6.92 Å². The normalized spacial score (nSPS) is 16.4. The highest BCUT2D eigenvalue weighted by Gasteiger charge is 2.21. The molecule has 0 amide bonds. The van der Waals surface area contributed by atoms with Gasteiger partial charge in [-0.3, -0.25) is 0 Å². The van der Waals surface area contributed by atoms with Crippen molar-refractivity contribution >= 4 is 22.8 Å². The van der Waals surface area contributed by atoms with Crippen LogP contribution in [0.4, 0.5) is 17.2 Å². The fourth-order valence-corrected chi connectivity index (χ4v) is 5.28. The molecule has 2 fully saturated rings. The van der Waals surface area contributed by atoms with Crippen LogP contribution in [-0.4, -0.2) is 74.3 Å². The van der Waals surface area contributed by atoms with Crippen LogP contribution < -0.4 is 20.3 Å². The highest BCUT2D eigenvalue weighted by molar-refractivity contribution is 5.87. The van der Waals surface area contributed by atoms with Gasteiger partial charge in [-0.2, -0.15) is 9.61 Å². The average Bonchev–Trinajstić information content (AvgIpc) is 3.37. The van der Waals surface area contributed by atoms with E-state index >= 15 is 0 Å². The molecule has 4 aromatic rings. The smallest absolute Gasteiger partial charge is 0.165 e. The van der Waals surface area contributed by atoms with Gasteiger partial charge >= 0.3 is 0 Å². The molecule has 0 saturated carbocycles. The van der Waals surface area contributed by atoms with Gasteiger partial charge in [-0.25, -0.2) is 4.98 Å². The molecule has 2 aromatic carbocycles. The van der Waals surface area contributed by atoms with Crippen LogP contribution in [0.15, 0.2) is 48.7 Å². The van der Waals surface area contributed by atoms with E-state index in [1.165, 1.54) is 0 Å². The van der Waals surface area contributed by atoms with E-state index in [0.717, 1.165) is 97.7 Å². The van der Waals surface area contributed by atoms with Gasteiger partial charge in [-0.05, 0) is 42.8 Å². The van der Waals surface area contributed by atoms with Gasteiger partial charge in [0.25, 0.3) is 0 Å². The van der Waals surface area contributed by atoms with Gasteiger partial charge in [-0.1, -0.05) is 12.1 Å². The molecule has 9 heteroatoms. The highest BCUT2D eigenvalue weighted by atomic mass is 16.5. The molecular weight excluding hydrogens is 468 g/mol. The van der Waals surface area contributed by atoms with Gasteiger partial charge in [0.15, 0.2) is 5.65 Å². The number of anilines is 3. The number of ether oxygens (including phenoxy) is 3. The summed E-state index contributed by atoms with van der Waals surface area (Å²) in [5.74, 6) is 1.34. The van der Waals surface area contributed by atoms with Crippen LogP contribution in [-0.2, 0) is 9.47 Å². The summed E-state index contributed by atoms with van der Waals surface area (Å²) in [7, 11) is 1.69. The standard InChI is InChI=1S/C28H32N6O3/c1-19-26(20-4-3-5-21(16-20)32-8-12-36-13-9-32)27(29)34-28(31-19)24(18-30-34)23-17-22(6-7-25(23)35-2)33-10-14-37-15-11-33/h3-7,16-18H,8-15,29H2,1-2H3. The van der Waals surface area contributed by atoms with Crippen LogP contribution in [0.2, 0.25) is 0 Å². The van der Waals surface area contributed by atoms with Crippen LogP contribution in [0.5, 0.6) is 5.75 Å². The Morgan fingerprint density at radius 1 is 0.865 bits per heavy atom. The van der Waals surface area contributed by atoms with Gasteiger partial charge in [0, 0.05) is 48.7 Å². The minimum atomic E-state index is 0.566. The van der Waals surface area contributed by atoms with E-state index in [-0.39, 0.29) is 0 Å². The number of benzene rings is 2. The Kier molecular flexibility index (Phi) is 6.31. The molecule has 2 aromatic heterocycles. The molecule has 192 valence electrons. The van der Waals surface area contributed by atoms with Crippen molar-refractivity contribution in [1.29, 1.82) is 0 Å². The predicted octanol–water partition coefficient (Wildman–Crippen LogP) is 3.64. The Balaban J connectivity index is 1.42. The summed E-state index contributed by atoms with van der Waals surface area (Å²) in [5.41, 5.74) is 14.4. The maximum absolute atomic E-state index is 6.76. The highest BCUT2D eigenvalue weighted by Crippen LogP contribution is 2.38. The second-order valence-electron chi connectivity index (χ2n) is 9.38. The summed E-state index contributed by atoms with van der Waals surface area (Å²) >= 11 is 0. The molecule has 2 N–H and O–H groups in total. The lowest BCUT2D eigenvalue weighted by atomic mass is 10.0. The second-order valence-corrected chi connectivity index (χ2v) is 9.38. The molecule has 0 atom stereocenters. The van der Waals surface area contributed by atoms with E-state index < -0.39 is 0 Å². The number of methoxy groups -OCH3 is 1. The first kappa shape index (κ1) is 23.6. The maximum Gasteiger partial charge on any atom is 0.165 e. The number of fused-ring (bicyclic) bond motifs is 1. The molecule has 2 aliphatic heterocycles. The first-order chi connectivity index (χ1) is 18.1. The van der Waals surface area contributed by atoms with E-state index in [1.807, 2.05) is 19.2 Å². The molecule has 0 spiro atoms. The van der Waals surface area contributed by atoms with Crippen molar-refractivity contribution in [2.45, 2.75) is 6.92 Å². The number of aromatic nitrogens is 3. The van der Waals surface area contributed by atoms with E-state index in [2.05, 4.69) is 51.3 Å². The Bertz CT molecular complexity index is 1420. The summed E-state index contributed by atoms with van der Waals surface area (Å²) in [6.07, 6.45) is 1.83. The summed E-state index contributed by atoms with van der Waals surface area (Å²) in [6, 6.07) is 14.7. The molecule has 0 aliphatic carbocycles. The number of nitrogen functional groups attached to an aromatic ring is 1. The number of morpholine rings is 2. The van der Waals surface area contributed by atoms with Crippen LogP contribution in [0.3, 0.4) is 0 Å². The van der Waals surface area contributed by atoms with Crippen LogP contribution >= 0.6 is 0 Å². The summed E-state index contributed by atoms with van der Waals surface area (Å²) in [4.78, 5) is 9.67. The molecule has 0 bridgehead atoms. The number of nitrogens with two attached hydrogens (primary N) is 1. The Morgan fingerprint density at radius 3 is 2.22 bits per heavy atom. The third-order valence-corrected chi connectivity index (χ3v) is 7.22. The molecule has 0 radical (unpaired) electrons. The zero-order valence-corrected chi connectivity index (χ0v) is 21.3. The van der Waals surface area contributed by atoms with Crippen molar-refractivity contribution in [2.24, 2.45) is 0 Å². The van der Waals surface area contributed by atoms with Crippen molar-refractivity contribution in [3.8, 4) is 28.0 Å². The Labute approximate surface area is 216 Å². The van der Waals surface area contributed by atoms with E-state index in [4.69, 9.17) is 24.9 Å². The minimum Gasteiger partial charge on any atom is -0.496 e. The number of nitrogens with zero attached hydrogens (tertiary/aromatic N) is 5. The number of aryl methyl sites for hydroxylation is 1. The molecular formula is C28H32N6O3. The third kappa shape index (κ3) is 4.34. The van der Waals surface area contributed by atoms with Crippen molar-refractivity contribution in [3.63, 3.8) is 0 Å². The lowest BCUT2D eigenvalue weighted by Crippen LogP contribution is -2.36. The predicted molar refractivity (Wildman–Crippen MR) is 146 cm³/mol. The first-order valence-electron chi connectivity index (χ1n) is 12.7. The van der Waals surface area contributed by atoms with Crippen molar-refractivity contribution < 1.29 is 14.2 Å². The fraction of sp³-hybridized carbons (Fsp3) is 0.357. The first-order valence-corrected chi connectivity index (χ1v) is 12.7. The van der Waals surface area contributed by atoms with Gasteiger partial charge in [-0.15, -0.1) is 0 Å². The number of hydrogen-bond donors (Lipinski definition) is 1. The number of rotatable bonds is 5.